The van der Waals surface area contributed by atoms with Crippen molar-refractivity contribution in [3.05, 3.63) is 17.7 Å². The number of halogens is 2. The van der Waals surface area contributed by atoms with E-state index in [0.29, 0.717) is 42.8 Å². The van der Waals surface area contributed by atoms with E-state index in [4.69, 9.17) is 14.2 Å². The molecule has 0 atom stereocenters. The van der Waals surface area contributed by atoms with Gasteiger partial charge in [0.1, 0.15) is 5.75 Å². The van der Waals surface area contributed by atoms with Crippen LogP contribution in [0.5, 0.6) is 17.2 Å². The molecule has 0 aromatic heterocycles. The van der Waals surface area contributed by atoms with E-state index in [9.17, 15) is 8.78 Å². The summed E-state index contributed by atoms with van der Waals surface area (Å²) in [4.78, 5) is 4.06. The van der Waals surface area contributed by atoms with Gasteiger partial charge in [0.25, 0.3) is 0 Å². The highest BCUT2D eigenvalue weighted by molar-refractivity contribution is 5.79. The van der Waals surface area contributed by atoms with E-state index in [-0.39, 0.29) is 19.1 Å². The van der Waals surface area contributed by atoms with Crippen LogP contribution in [0.15, 0.2) is 17.1 Å². The lowest BCUT2D eigenvalue weighted by atomic mass is 10.1. The van der Waals surface area contributed by atoms with Crippen molar-refractivity contribution in [2.75, 3.05) is 33.6 Å². The van der Waals surface area contributed by atoms with Crippen LogP contribution in [0, 0.1) is 0 Å². The van der Waals surface area contributed by atoms with Crippen molar-refractivity contribution >= 4 is 5.96 Å². The van der Waals surface area contributed by atoms with Crippen LogP contribution in [0.25, 0.3) is 0 Å². The SMILES string of the molecule is CCOCCNC(=NC)NCc1cc2c(cc1OC(F)F)OCO2. The number of rotatable bonds is 8. The van der Waals surface area contributed by atoms with Crippen LogP contribution in [0.3, 0.4) is 0 Å². The van der Waals surface area contributed by atoms with Crippen LogP contribution in [0.1, 0.15) is 12.5 Å². The Morgan fingerprint density at radius 2 is 2.04 bits per heavy atom. The van der Waals surface area contributed by atoms with E-state index >= 15 is 0 Å². The molecule has 1 aromatic rings. The van der Waals surface area contributed by atoms with E-state index in [0.717, 1.165) is 0 Å². The van der Waals surface area contributed by atoms with Gasteiger partial charge in [-0.15, -0.1) is 0 Å². The third-order valence-electron chi connectivity index (χ3n) is 3.18. The molecule has 2 N–H and O–H groups in total. The Labute approximate surface area is 138 Å². The normalized spacial score (nSPS) is 13.3. The van der Waals surface area contributed by atoms with Gasteiger partial charge >= 0.3 is 6.61 Å². The molecular weight excluding hydrogens is 324 g/mol. The molecule has 0 saturated carbocycles. The van der Waals surface area contributed by atoms with E-state index < -0.39 is 6.61 Å². The lowest BCUT2D eigenvalue weighted by molar-refractivity contribution is -0.0505. The number of hydrogen-bond donors (Lipinski definition) is 2. The number of benzene rings is 1. The Morgan fingerprint density at radius 3 is 2.71 bits per heavy atom. The summed E-state index contributed by atoms with van der Waals surface area (Å²) < 4.78 is 45.4. The van der Waals surface area contributed by atoms with Gasteiger partial charge in [-0.2, -0.15) is 8.78 Å². The molecule has 0 amide bonds. The van der Waals surface area contributed by atoms with Crippen LogP contribution in [-0.2, 0) is 11.3 Å². The zero-order valence-electron chi connectivity index (χ0n) is 13.6. The fourth-order valence-electron chi connectivity index (χ4n) is 2.09. The third-order valence-corrected chi connectivity index (χ3v) is 3.18. The number of aliphatic imine (C=N–C) groups is 1. The van der Waals surface area contributed by atoms with Crippen molar-refractivity contribution in [3.63, 3.8) is 0 Å². The number of alkyl halides is 2. The van der Waals surface area contributed by atoms with Gasteiger partial charge in [0.2, 0.25) is 6.79 Å². The quantitative estimate of drug-likeness (QED) is 0.425. The standard InChI is InChI=1S/C15H21F2N3O4/c1-3-21-5-4-19-15(18-2)20-8-10-6-12-13(23-9-22-12)7-11(10)24-14(16)17/h6-7,14H,3-5,8-9H2,1-2H3,(H2,18,19,20). The van der Waals surface area contributed by atoms with E-state index in [1.165, 1.54) is 6.07 Å². The van der Waals surface area contributed by atoms with E-state index in [1.807, 2.05) is 6.92 Å². The third kappa shape index (κ3) is 5.12. The lowest BCUT2D eigenvalue weighted by Crippen LogP contribution is -2.38. The average molecular weight is 345 g/mol. The van der Waals surface area contributed by atoms with Crippen molar-refractivity contribution in [2.45, 2.75) is 20.1 Å². The van der Waals surface area contributed by atoms with Gasteiger partial charge in [-0.3, -0.25) is 4.99 Å². The zero-order valence-corrected chi connectivity index (χ0v) is 13.6. The van der Waals surface area contributed by atoms with Crippen LogP contribution >= 0.6 is 0 Å². The number of fused-ring (bicyclic) bond motifs is 1. The summed E-state index contributed by atoms with van der Waals surface area (Å²) in [6.07, 6.45) is 0. The van der Waals surface area contributed by atoms with Crippen molar-refractivity contribution in [1.82, 2.24) is 10.6 Å². The molecule has 7 nitrogen and oxygen atoms in total. The van der Waals surface area contributed by atoms with Gasteiger partial charge in [-0.1, -0.05) is 0 Å². The van der Waals surface area contributed by atoms with Gasteiger partial charge in [0, 0.05) is 38.4 Å². The van der Waals surface area contributed by atoms with Crippen LogP contribution in [0.2, 0.25) is 0 Å². The molecule has 0 radical (unpaired) electrons. The summed E-state index contributed by atoms with van der Waals surface area (Å²) in [6, 6.07) is 3.01. The first-order chi connectivity index (χ1) is 11.6. The maximum atomic E-state index is 12.6. The largest absolute Gasteiger partial charge is 0.454 e. The van der Waals surface area contributed by atoms with E-state index in [2.05, 4.69) is 20.4 Å². The predicted octanol–water partition coefficient (Wildman–Crippen LogP) is 1.72. The minimum Gasteiger partial charge on any atom is -0.454 e. The Kier molecular flexibility index (Phi) is 6.86. The lowest BCUT2D eigenvalue weighted by Gasteiger charge is -2.15. The number of guanidine groups is 1. The first kappa shape index (κ1) is 18.1. The smallest absolute Gasteiger partial charge is 0.387 e. The second kappa shape index (κ2) is 9.11. The molecule has 2 rings (SSSR count). The Hall–Kier alpha value is -2.29. The highest BCUT2D eigenvalue weighted by atomic mass is 19.3. The first-order valence-corrected chi connectivity index (χ1v) is 7.53. The minimum atomic E-state index is -2.92. The number of hydrogen-bond acceptors (Lipinski definition) is 5. The van der Waals surface area contributed by atoms with Crippen molar-refractivity contribution in [2.24, 2.45) is 4.99 Å². The van der Waals surface area contributed by atoms with Gasteiger partial charge < -0.3 is 29.6 Å². The second-order valence-electron chi connectivity index (χ2n) is 4.74. The van der Waals surface area contributed by atoms with Gasteiger partial charge in [0.05, 0.1) is 6.61 Å². The van der Waals surface area contributed by atoms with E-state index in [1.54, 1.807) is 13.1 Å². The topological polar surface area (TPSA) is 73.3 Å². The molecule has 1 aliphatic rings. The van der Waals surface area contributed by atoms with Crippen molar-refractivity contribution in [1.29, 1.82) is 0 Å². The summed E-state index contributed by atoms with van der Waals surface area (Å²) in [5, 5.41) is 6.09. The minimum absolute atomic E-state index is 0.0338. The summed E-state index contributed by atoms with van der Waals surface area (Å²) in [7, 11) is 1.62. The highest BCUT2D eigenvalue weighted by Gasteiger charge is 2.20. The predicted molar refractivity (Wildman–Crippen MR) is 83.9 cm³/mol. The van der Waals surface area contributed by atoms with Crippen molar-refractivity contribution in [3.8, 4) is 17.2 Å². The fourth-order valence-corrected chi connectivity index (χ4v) is 2.09. The van der Waals surface area contributed by atoms with Crippen LogP contribution in [-0.4, -0.2) is 46.2 Å². The maximum Gasteiger partial charge on any atom is 0.387 e. The Morgan fingerprint density at radius 1 is 1.29 bits per heavy atom. The molecule has 9 heteroatoms. The summed E-state index contributed by atoms with van der Waals surface area (Å²) in [5.41, 5.74) is 0.507. The molecule has 134 valence electrons. The molecule has 1 aliphatic heterocycles. The van der Waals surface area contributed by atoms with Gasteiger partial charge in [0.15, 0.2) is 17.5 Å². The Bertz CT molecular complexity index is 570. The zero-order chi connectivity index (χ0) is 17.4. The van der Waals surface area contributed by atoms with Crippen molar-refractivity contribution < 1.29 is 27.7 Å². The molecule has 0 bridgehead atoms. The summed E-state index contributed by atoms with van der Waals surface area (Å²) in [5.74, 6) is 1.43. The summed E-state index contributed by atoms with van der Waals surface area (Å²) >= 11 is 0. The first-order valence-electron chi connectivity index (χ1n) is 7.53. The van der Waals surface area contributed by atoms with Gasteiger partial charge in [-0.05, 0) is 13.0 Å². The second-order valence-corrected chi connectivity index (χ2v) is 4.74. The maximum absolute atomic E-state index is 12.6. The molecule has 1 aromatic carbocycles. The Balaban J connectivity index is 1.99. The number of nitrogens with one attached hydrogen (secondary N) is 2. The van der Waals surface area contributed by atoms with Gasteiger partial charge in [-0.25, -0.2) is 0 Å². The van der Waals surface area contributed by atoms with Crippen LogP contribution < -0.4 is 24.8 Å². The number of ether oxygens (including phenoxy) is 4. The molecule has 24 heavy (non-hydrogen) atoms. The molecular formula is C15H21F2N3O4. The summed E-state index contributed by atoms with van der Waals surface area (Å²) in [6.45, 7) is 1.04. The highest BCUT2D eigenvalue weighted by Crippen LogP contribution is 2.38. The molecule has 0 aliphatic carbocycles. The fraction of sp³-hybridized carbons (Fsp3) is 0.533. The molecule has 0 saturated heterocycles. The molecule has 0 fully saturated rings. The monoisotopic (exact) mass is 345 g/mol. The molecule has 0 spiro atoms. The number of nitrogens with zero attached hydrogens (tertiary/aromatic N) is 1. The molecule has 1 heterocycles. The van der Waals surface area contributed by atoms with Crippen LogP contribution in [0.4, 0.5) is 8.78 Å². The average Bonchev–Trinajstić information content (AvgIpc) is 3.00. The molecule has 0 unspecified atom stereocenters.